The van der Waals surface area contributed by atoms with Gasteiger partial charge in [0.25, 0.3) is 0 Å². The molecule has 10 heteroatoms. The fraction of sp³-hybridized carbons (Fsp3) is 0.363. The first kappa shape index (κ1) is 99.2. The molecule has 0 aromatic heterocycles. The van der Waals surface area contributed by atoms with Gasteiger partial charge in [0, 0.05) is 84.4 Å². The van der Waals surface area contributed by atoms with Crippen LogP contribution in [0.1, 0.15) is 282 Å². The van der Waals surface area contributed by atoms with Gasteiger partial charge in [0.2, 0.25) is 0 Å². The average molecular weight is 1920 g/mol. The van der Waals surface area contributed by atoms with Crippen molar-refractivity contribution in [2.75, 3.05) is 24.5 Å². The quantitative estimate of drug-likeness (QED) is 0.111. The van der Waals surface area contributed by atoms with E-state index in [-0.39, 0.29) is 63.8 Å². The predicted octanol–water partition coefficient (Wildman–Crippen LogP) is 34.0. The number of rotatable bonds is 13. The van der Waals surface area contributed by atoms with Crippen LogP contribution in [0.2, 0.25) is 0 Å². The van der Waals surface area contributed by atoms with E-state index in [2.05, 4.69) is 532 Å². The lowest BCUT2D eigenvalue weighted by Crippen LogP contribution is -2.56. The fourth-order valence-corrected chi connectivity index (χ4v) is 27.0. The van der Waals surface area contributed by atoms with Gasteiger partial charge in [-0.2, -0.15) is 0 Å². The van der Waals surface area contributed by atoms with E-state index in [0.29, 0.717) is 5.92 Å². The van der Waals surface area contributed by atoms with E-state index < -0.39 is 6.02 Å². The summed E-state index contributed by atoms with van der Waals surface area (Å²) in [6, 6.07) is 95.1. The molecule has 0 spiro atoms. The lowest BCUT2D eigenvalue weighted by Gasteiger charge is -2.50. The monoisotopic (exact) mass is 1920 g/mol. The number of hydrogen-bond acceptors (Lipinski definition) is 10. The Labute approximate surface area is 871 Å². The predicted molar refractivity (Wildman–Crippen MR) is 611 cm³/mol. The van der Waals surface area contributed by atoms with E-state index in [9.17, 15) is 1.37 Å². The van der Waals surface area contributed by atoms with Crippen LogP contribution in [-0.4, -0.2) is 53.4 Å². The molecule has 23 rings (SSSR count). The van der Waals surface area contributed by atoms with Gasteiger partial charge in [0.05, 0.1) is 52.5 Å². The van der Waals surface area contributed by atoms with E-state index >= 15 is 0 Å². The van der Waals surface area contributed by atoms with Gasteiger partial charge < -0.3 is 49.0 Å². The van der Waals surface area contributed by atoms with E-state index in [1.807, 2.05) is 24.3 Å². The highest BCUT2D eigenvalue weighted by Crippen LogP contribution is 2.62. The number of aryl methyl sites for hydroxylation is 11. The normalized spacial score (nSPS) is 23.7. The molecular formula is C135H158N10. The third-order valence-electron chi connectivity index (χ3n) is 34.3. The third-order valence-corrected chi connectivity index (χ3v) is 34.3. The van der Waals surface area contributed by atoms with Gasteiger partial charge in [-0.1, -0.05) is 335 Å². The van der Waals surface area contributed by atoms with Gasteiger partial charge in [0.1, 0.15) is 36.4 Å². The van der Waals surface area contributed by atoms with Gasteiger partial charge in [-0.3, -0.25) is 0 Å². The van der Waals surface area contributed by atoms with Crippen molar-refractivity contribution in [3.8, 4) is 0 Å². The Balaban J connectivity index is 0.000000115. The van der Waals surface area contributed by atoms with Crippen molar-refractivity contribution in [1.82, 2.24) is 24.5 Å². The number of allylic oxidation sites excluding steroid dienone is 10. The molecular weight excluding hydrogens is 1760 g/mol. The molecule has 8 atom stereocenters. The van der Waals surface area contributed by atoms with Crippen LogP contribution in [-0.2, 0) is 5.54 Å². The number of benzene rings is 11. The van der Waals surface area contributed by atoms with E-state index in [4.69, 9.17) is 0 Å². The molecule has 2 saturated carbocycles. The molecule has 10 nitrogen and oxygen atoms in total. The number of nitrogens with zero attached hydrogens (tertiary/aromatic N) is 10. The molecule has 2 aliphatic carbocycles. The standard InChI is InChI=1S/C30H32N2.C29H36N2.C28H34N2.2C24H28N2/c1-22-14-12-13-19-26(22)31-23(2)27-20-21-30(24-15-8-6-9-16-24,25-17-10-7-11-18-25)32(27)28(31)29(3,4)5;1-20-12-9-10-17-25(20)30-23(4)26-18-19-29(5,24-15-7-6-8-16-24)31(26)28(30)27-21(2)13-11-14-22(27)3;1-19-11-6-9-16-24(19)29-22(4)25-17-18-28(5,23-14-7-8-15-23)30(25)27(29)26-20(2)12-10-13-21(26)3;1-16-10-7-8-13-20(16)25-19(4)21-14-15-24(5,6)26(21)23(25)22-17(2)11-9-12-18(22)3;1-17-11-9-10-14-20(17)25-18(2)21-15-16-22(19-12-7-6-8-13-19)26(21)23(25)24(3,4)5/h6-21,28H,1-5H3;9-14,17-19,24,28H,6-8,15-16H2,1-5H3;6,9-13,16-18,23,27H,7-8,14-15H2,1-5H3;7-15,23H,1-6H3;6-16,22-23H,1-5H3/i;;;;22D. The Morgan fingerprint density at radius 3 is 0.897 bits per heavy atom. The number of fused-ring (bicyclic) bond motifs is 5. The Kier molecular flexibility index (Phi) is 27.1. The van der Waals surface area contributed by atoms with Gasteiger partial charge in [0.15, 0.2) is 0 Å². The lowest BCUT2D eigenvalue weighted by molar-refractivity contribution is 0.0863. The highest BCUT2D eigenvalue weighted by atomic mass is 15.5. The van der Waals surface area contributed by atoms with Crippen molar-refractivity contribution in [3.05, 3.63) is 479 Å². The summed E-state index contributed by atoms with van der Waals surface area (Å²) in [7, 11) is 0. The topological polar surface area (TPSA) is 32.4 Å². The Morgan fingerprint density at radius 2 is 0.538 bits per heavy atom. The second-order valence-electron chi connectivity index (χ2n) is 46.3. The van der Waals surface area contributed by atoms with Crippen LogP contribution in [0.3, 0.4) is 0 Å². The Hall–Kier alpha value is -13.2. The van der Waals surface area contributed by atoms with E-state index in [0.717, 1.165) is 17.2 Å². The molecule has 748 valence electrons. The molecule has 0 radical (unpaired) electrons. The van der Waals surface area contributed by atoms with E-state index in [1.165, 1.54) is 227 Å². The second-order valence-corrected chi connectivity index (χ2v) is 46.3. The molecule has 10 aliphatic heterocycles. The first-order valence-corrected chi connectivity index (χ1v) is 53.9. The van der Waals surface area contributed by atoms with Gasteiger partial charge in [-0.25, -0.2) is 0 Å². The Bertz CT molecular complexity index is 6990. The highest BCUT2D eigenvalue weighted by molar-refractivity contribution is 5.72. The van der Waals surface area contributed by atoms with Crippen molar-refractivity contribution in [1.29, 1.82) is 0 Å². The van der Waals surface area contributed by atoms with Crippen molar-refractivity contribution < 1.29 is 1.37 Å². The SMILES string of the molecule is CC1=C2C=CC(C)(C)N2C(c2c(C)cccc2C)N1c1ccccc1C.CC1=C2C=CC(C)(C3CCCC3)N2C(c2c(C)cccc2C)N1c1ccccc1C.CC1=C2C=CC(C)(C3CCCCC3)N2C(c2c(C)cccc2C)N1c1ccccc1C.CC1=C2C=CC(c3ccccc3)(c3ccccc3)N2C(C(C)(C)C)N1c1ccccc1C.[2H]C1(c2ccccc2)C=CC2=C(C)N(c3ccccc3C)C(C(C)(C)C)N21. The van der Waals surface area contributed by atoms with Crippen LogP contribution < -0.4 is 24.5 Å². The summed E-state index contributed by atoms with van der Waals surface area (Å²) in [6.45, 7) is 59.5. The number of hydrogen-bond donors (Lipinski definition) is 0. The lowest BCUT2D eigenvalue weighted by atomic mass is 9.75. The first-order valence-electron chi connectivity index (χ1n) is 54.4. The molecule has 8 unspecified atom stereocenters. The van der Waals surface area contributed by atoms with Crippen molar-refractivity contribution in [2.45, 2.75) is 297 Å². The smallest absolute Gasteiger partial charge is 0.133 e. The van der Waals surface area contributed by atoms with Crippen molar-refractivity contribution in [2.24, 2.45) is 22.7 Å². The molecule has 0 amide bonds. The summed E-state index contributed by atoms with van der Waals surface area (Å²) in [5.74, 6) is 1.44. The molecule has 2 fully saturated rings. The molecule has 11 aromatic carbocycles. The summed E-state index contributed by atoms with van der Waals surface area (Å²) in [4.78, 5) is 25.8. The van der Waals surface area contributed by atoms with E-state index in [1.54, 1.807) is 0 Å². The third kappa shape index (κ3) is 17.5. The zero-order valence-corrected chi connectivity index (χ0v) is 91.6. The molecule has 0 bridgehead atoms. The summed E-state index contributed by atoms with van der Waals surface area (Å²) >= 11 is 0. The van der Waals surface area contributed by atoms with Crippen molar-refractivity contribution in [3.63, 3.8) is 0 Å². The van der Waals surface area contributed by atoms with Crippen LogP contribution in [0.25, 0.3) is 0 Å². The minimum Gasteiger partial charge on any atom is -0.338 e. The number of para-hydroxylation sites is 5. The Morgan fingerprint density at radius 1 is 0.262 bits per heavy atom. The summed E-state index contributed by atoms with van der Waals surface area (Å²) in [6.07, 6.45) is 36.4. The molecule has 12 aliphatic rings. The zero-order chi connectivity index (χ0) is 103. The maximum Gasteiger partial charge on any atom is 0.133 e. The molecule has 0 N–H and O–H groups in total. The summed E-state index contributed by atoms with van der Waals surface area (Å²) in [5, 5.41) is 0. The molecule has 0 saturated heterocycles. The minimum absolute atomic E-state index is 0.00607. The minimum atomic E-state index is -0.896. The summed E-state index contributed by atoms with van der Waals surface area (Å²) < 4.78 is 9.43. The van der Waals surface area contributed by atoms with Crippen LogP contribution in [0.4, 0.5) is 28.4 Å². The number of anilines is 5. The average Bonchev–Trinajstić information content (AvgIpc) is 1.22. The zero-order valence-electron chi connectivity index (χ0n) is 92.6. The summed E-state index contributed by atoms with van der Waals surface area (Å²) in [5.41, 5.74) is 42.1. The second kappa shape index (κ2) is 39.6. The molecule has 11 aromatic rings. The van der Waals surface area contributed by atoms with Crippen molar-refractivity contribution >= 4 is 28.4 Å². The van der Waals surface area contributed by atoms with Crippen LogP contribution in [0.5, 0.6) is 0 Å². The molecule has 10 heterocycles. The van der Waals surface area contributed by atoms with Crippen LogP contribution in [0.15, 0.2) is 385 Å². The van der Waals surface area contributed by atoms with Crippen LogP contribution >= 0.6 is 0 Å². The highest BCUT2D eigenvalue weighted by Gasteiger charge is 2.59. The largest absolute Gasteiger partial charge is 0.338 e. The van der Waals surface area contributed by atoms with Crippen LogP contribution in [0, 0.1) is 98.8 Å². The first-order chi connectivity index (χ1) is 69.8. The fourth-order valence-electron chi connectivity index (χ4n) is 27.0. The maximum absolute atomic E-state index is 9.43. The molecule has 145 heavy (non-hydrogen) atoms. The van der Waals surface area contributed by atoms with Gasteiger partial charge in [-0.15, -0.1) is 0 Å². The van der Waals surface area contributed by atoms with Gasteiger partial charge >= 0.3 is 0 Å². The maximum atomic E-state index is 9.43. The van der Waals surface area contributed by atoms with Gasteiger partial charge in [-0.05, 0) is 321 Å².